The summed E-state index contributed by atoms with van der Waals surface area (Å²) in [6, 6.07) is 3.32. The first-order valence-corrected chi connectivity index (χ1v) is 14.0. The fraction of sp³-hybridized carbons (Fsp3) is 0.677. The van der Waals surface area contributed by atoms with Gasteiger partial charge in [0.2, 0.25) is 5.82 Å². The Labute approximate surface area is 206 Å². The van der Waals surface area contributed by atoms with E-state index >= 15 is 0 Å². The highest BCUT2D eigenvalue weighted by molar-refractivity contribution is 5.67. The zero-order valence-electron chi connectivity index (χ0n) is 21.2. The third-order valence-corrected chi connectivity index (χ3v) is 9.15. The van der Waals surface area contributed by atoms with Gasteiger partial charge in [0.15, 0.2) is 11.6 Å². The second kappa shape index (κ2) is 12.4. The quantitative estimate of drug-likeness (QED) is 0.258. The Morgan fingerprint density at radius 3 is 2.09 bits per heavy atom. The Hall–Kier alpha value is -1.64. The van der Waals surface area contributed by atoms with Crippen molar-refractivity contribution in [3.63, 3.8) is 0 Å². The van der Waals surface area contributed by atoms with Crippen molar-refractivity contribution in [1.29, 1.82) is 0 Å². The van der Waals surface area contributed by atoms with E-state index in [-0.39, 0.29) is 5.75 Å². The number of ether oxygens (including phenoxy) is 1. The van der Waals surface area contributed by atoms with E-state index in [1.54, 1.807) is 12.1 Å². The van der Waals surface area contributed by atoms with Gasteiger partial charge in [-0.1, -0.05) is 31.9 Å². The van der Waals surface area contributed by atoms with Crippen molar-refractivity contribution < 1.29 is 13.5 Å². The highest BCUT2D eigenvalue weighted by Crippen LogP contribution is 2.46. The molecule has 3 heteroatoms. The largest absolute Gasteiger partial charge is 0.490 e. The molecule has 1 aromatic carbocycles. The smallest absolute Gasteiger partial charge is 0.201 e. The van der Waals surface area contributed by atoms with Gasteiger partial charge in [-0.15, -0.1) is 6.58 Å². The van der Waals surface area contributed by atoms with Crippen molar-refractivity contribution in [2.24, 2.45) is 29.6 Å². The fourth-order valence-corrected chi connectivity index (χ4v) is 6.89. The number of hydrogen-bond acceptors (Lipinski definition) is 1. The first kappa shape index (κ1) is 25.5. The molecule has 2 fully saturated rings. The molecule has 0 aliphatic heterocycles. The Morgan fingerprint density at radius 1 is 0.853 bits per heavy atom. The van der Waals surface area contributed by atoms with Crippen LogP contribution in [0.4, 0.5) is 8.78 Å². The van der Waals surface area contributed by atoms with Gasteiger partial charge in [-0.05, 0) is 124 Å². The fourth-order valence-electron chi connectivity index (χ4n) is 6.89. The summed E-state index contributed by atoms with van der Waals surface area (Å²) in [6.45, 7) is 6.53. The Morgan fingerprint density at radius 2 is 1.50 bits per heavy atom. The van der Waals surface area contributed by atoms with Crippen molar-refractivity contribution in [3.05, 3.63) is 48.1 Å². The predicted molar refractivity (Wildman–Crippen MR) is 138 cm³/mol. The Balaban J connectivity index is 1.27. The predicted octanol–water partition coefficient (Wildman–Crippen LogP) is 9.52. The Kier molecular flexibility index (Phi) is 9.25. The van der Waals surface area contributed by atoms with Crippen LogP contribution in [0.15, 0.2) is 30.9 Å². The molecule has 0 amide bonds. The summed E-state index contributed by atoms with van der Waals surface area (Å²) in [5.41, 5.74) is 1.40. The number of unbranched alkanes of at least 4 members (excludes halogenated alkanes) is 2. The number of benzene rings is 1. The molecule has 1 atom stereocenters. The summed E-state index contributed by atoms with van der Waals surface area (Å²) in [7, 11) is 0. The van der Waals surface area contributed by atoms with Crippen LogP contribution in [0.25, 0.3) is 5.57 Å². The van der Waals surface area contributed by atoms with E-state index in [1.807, 2.05) is 0 Å². The van der Waals surface area contributed by atoms with Crippen LogP contribution >= 0.6 is 0 Å². The van der Waals surface area contributed by atoms with Gasteiger partial charge < -0.3 is 4.74 Å². The second-order valence-electron chi connectivity index (χ2n) is 11.1. The summed E-state index contributed by atoms with van der Waals surface area (Å²) in [5.74, 6) is 2.59. The normalized spacial score (nSPS) is 30.0. The van der Waals surface area contributed by atoms with Crippen molar-refractivity contribution >= 4 is 5.57 Å². The molecule has 1 nitrogen and oxygen atoms in total. The molecule has 188 valence electrons. The number of rotatable bonds is 9. The first-order chi connectivity index (χ1) is 16.6. The molecule has 0 N–H and O–H groups in total. The van der Waals surface area contributed by atoms with Crippen LogP contribution in [0.1, 0.15) is 102 Å². The number of allylic oxidation sites excluding steroid dienone is 3. The van der Waals surface area contributed by atoms with Crippen molar-refractivity contribution in [3.8, 4) is 5.75 Å². The third-order valence-electron chi connectivity index (χ3n) is 9.15. The van der Waals surface area contributed by atoms with Crippen LogP contribution < -0.4 is 4.74 Å². The van der Waals surface area contributed by atoms with Gasteiger partial charge in [0, 0.05) is 5.56 Å². The van der Waals surface area contributed by atoms with Gasteiger partial charge in [-0.2, -0.15) is 4.39 Å². The molecule has 3 aliphatic carbocycles. The van der Waals surface area contributed by atoms with E-state index < -0.39 is 11.6 Å². The zero-order valence-corrected chi connectivity index (χ0v) is 21.2. The maximum absolute atomic E-state index is 14.8. The number of halogens is 2. The van der Waals surface area contributed by atoms with Crippen molar-refractivity contribution in [1.82, 2.24) is 0 Å². The summed E-state index contributed by atoms with van der Waals surface area (Å²) in [5, 5.41) is 0. The minimum Gasteiger partial charge on any atom is -0.490 e. The molecule has 0 radical (unpaired) electrons. The van der Waals surface area contributed by atoms with E-state index in [1.165, 1.54) is 51.4 Å². The molecule has 1 aromatic rings. The summed E-state index contributed by atoms with van der Waals surface area (Å²) in [4.78, 5) is 0. The van der Waals surface area contributed by atoms with Crippen molar-refractivity contribution in [2.75, 3.05) is 6.61 Å². The minimum atomic E-state index is -0.836. The topological polar surface area (TPSA) is 9.23 Å². The van der Waals surface area contributed by atoms with Crippen molar-refractivity contribution in [2.45, 2.75) is 96.8 Å². The van der Waals surface area contributed by atoms with Crippen LogP contribution in [-0.2, 0) is 0 Å². The SMILES string of the molecule is C=CC1CCC(C2CCC(C3CC=C(c4ccc(OCCCCC)c(F)c4F)CC3)CC2)CC1. The molecule has 3 aliphatic rings. The molecular formula is C31H44F2O. The summed E-state index contributed by atoms with van der Waals surface area (Å²) >= 11 is 0. The lowest BCUT2D eigenvalue weighted by Gasteiger charge is -2.40. The lowest BCUT2D eigenvalue weighted by atomic mass is 9.66. The maximum Gasteiger partial charge on any atom is 0.201 e. The highest BCUT2D eigenvalue weighted by Gasteiger charge is 2.33. The van der Waals surface area contributed by atoms with Gasteiger partial charge in [0.1, 0.15) is 0 Å². The highest BCUT2D eigenvalue weighted by atomic mass is 19.2. The van der Waals surface area contributed by atoms with Gasteiger partial charge in [-0.25, -0.2) is 4.39 Å². The van der Waals surface area contributed by atoms with Crippen LogP contribution in [0.5, 0.6) is 5.75 Å². The molecule has 0 saturated heterocycles. The molecule has 0 aromatic heterocycles. The summed E-state index contributed by atoms with van der Waals surface area (Å²) < 4.78 is 34.9. The van der Waals surface area contributed by atoms with Crippen LogP contribution in [-0.4, -0.2) is 6.61 Å². The number of hydrogen-bond donors (Lipinski definition) is 0. The molecule has 2 saturated carbocycles. The van der Waals surface area contributed by atoms with Crippen LogP contribution in [0.3, 0.4) is 0 Å². The van der Waals surface area contributed by atoms with Gasteiger partial charge in [0.05, 0.1) is 6.61 Å². The van der Waals surface area contributed by atoms with E-state index in [2.05, 4.69) is 25.7 Å². The Bertz CT molecular complexity index is 828. The van der Waals surface area contributed by atoms with E-state index in [9.17, 15) is 8.78 Å². The van der Waals surface area contributed by atoms with E-state index in [4.69, 9.17) is 4.74 Å². The summed E-state index contributed by atoms with van der Waals surface area (Å²) in [6.07, 6.45) is 21.2. The lowest BCUT2D eigenvalue weighted by Crippen LogP contribution is -2.28. The molecule has 34 heavy (non-hydrogen) atoms. The average molecular weight is 471 g/mol. The first-order valence-electron chi connectivity index (χ1n) is 14.0. The molecule has 0 spiro atoms. The molecule has 0 bridgehead atoms. The van der Waals surface area contributed by atoms with Gasteiger partial charge in [-0.3, -0.25) is 0 Å². The van der Waals surface area contributed by atoms with E-state index in [0.29, 0.717) is 18.1 Å². The lowest BCUT2D eigenvalue weighted by molar-refractivity contribution is 0.128. The maximum atomic E-state index is 14.8. The van der Waals surface area contributed by atoms with E-state index in [0.717, 1.165) is 67.8 Å². The average Bonchev–Trinajstić information content (AvgIpc) is 2.89. The second-order valence-corrected chi connectivity index (χ2v) is 11.1. The molecule has 4 rings (SSSR count). The monoisotopic (exact) mass is 470 g/mol. The van der Waals surface area contributed by atoms with Crippen LogP contribution in [0, 0.1) is 41.2 Å². The minimum absolute atomic E-state index is 0.0429. The van der Waals surface area contributed by atoms with Crippen LogP contribution in [0.2, 0.25) is 0 Å². The zero-order chi connectivity index (χ0) is 23.9. The van der Waals surface area contributed by atoms with Gasteiger partial charge >= 0.3 is 0 Å². The molecule has 0 heterocycles. The third kappa shape index (κ3) is 6.13. The molecule has 1 unspecified atom stereocenters. The van der Waals surface area contributed by atoms with Gasteiger partial charge in [0.25, 0.3) is 0 Å². The standard InChI is InChI=1S/C31H44F2O/c1-3-5-6-21-34-29-20-19-28(30(32)31(29)33)27-17-15-26(16-18-27)25-13-11-24(12-14-25)23-9-7-22(4-2)8-10-23/h4,17,19-20,22-26H,2-3,5-16,18,21H2,1H3. The molecular weight excluding hydrogens is 426 g/mol.